The summed E-state index contributed by atoms with van der Waals surface area (Å²) in [5.41, 5.74) is 6.60. The van der Waals surface area contributed by atoms with Crippen molar-refractivity contribution >= 4 is 5.91 Å². The number of carbonyl (C=O) groups is 1. The largest absolute Gasteiger partial charge is 1.00 e. The molecule has 198 valence electrons. The summed E-state index contributed by atoms with van der Waals surface area (Å²) in [6.45, 7) is 6.65. The maximum Gasteiger partial charge on any atom is 1.00 e. The number of rotatable bonds is 9. The fourth-order valence-corrected chi connectivity index (χ4v) is 4.22. The van der Waals surface area contributed by atoms with Gasteiger partial charge in [-0.15, -0.1) is 0 Å². The van der Waals surface area contributed by atoms with Crippen molar-refractivity contribution < 1.29 is 48.3 Å². The monoisotopic (exact) mass is 539 g/mol. The molecule has 0 atom stereocenters. The summed E-state index contributed by atoms with van der Waals surface area (Å²) in [6, 6.07) is 17.3. The molecule has 1 heterocycles. The molecule has 1 amide bonds. The van der Waals surface area contributed by atoms with Crippen molar-refractivity contribution in [2.45, 2.75) is 33.9 Å². The summed E-state index contributed by atoms with van der Waals surface area (Å²) in [5.74, 6) is 0.347. The van der Waals surface area contributed by atoms with Gasteiger partial charge in [0, 0.05) is 20.6 Å². The Morgan fingerprint density at radius 1 is 0.949 bits per heavy atom. The van der Waals surface area contributed by atoms with Crippen LogP contribution in [-0.2, 0) is 17.9 Å². The van der Waals surface area contributed by atoms with Crippen LogP contribution in [0.5, 0.6) is 11.5 Å². The zero-order chi connectivity index (χ0) is 27.4. The number of amides is 1. The number of hydrogen-bond acceptors (Lipinski definition) is 6. The zero-order valence-electron chi connectivity index (χ0n) is 23.1. The van der Waals surface area contributed by atoms with Crippen LogP contribution in [0.15, 0.2) is 68.7 Å². The van der Waals surface area contributed by atoms with Crippen LogP contribution >= 0.6 is 0 Å². The molecule has 0 bridgehead atoms. The van der Waals surface area contributed by atoms with Gasteiger partial charge < -0.3 is 23.9 Å². The molecule has 3 aromatic carbocycles. The molecule has 0 unspecified atom stereocenters. The molecule has 4 rings (SSSR count). The summed E-state index contributed by atoms with van der Waals surface area (Å²) >= 11 is 0. The van der Waals surface area contributed by atoms with Crippen LogP contribution in [0, 0.1) is 20.8 Å². The Morgan fingerprint density at radius 2 is 1.62 bits per heavy atom. The zero-order valence-corrected chi connectivity index (χ0v) is 25.1. The van der Waals surface area contributed by atoms with Gasteiger partial charge in [0.25, 0.3) is 5.91 Å². The van der Waals surface area contributed by atoms with E-state index in [9.17, 15) is 14.4 Å². The normalized spacial score (nSPS) is 10.6. The van der Waals surface area contributed by atoms with Gasteiger partial charge in [-0.25, -0.2) is 4.79 Å². The molecule has 0 radical (unpaired) electrons. The number of likely N-dealkylation sites (N-methyl/N-ethyl adjacent to an activating group) is 1. The molecule has 10 heteroatoms. The van der Waals surface area contributed by atoms with Gasteiger partial charge in [0.1, 0.15) is 18.1 Å². The fraction of sp³-hybridized carbons (Fsp3) is 0.276. The quantitative estimate of drug-likeness (QED) is 0.285. The van der Waals surface area contributed by atoms with E-state index < -0.39 is 11.4 Å². The molecule has 9 nitrogen and oxygen atoms in total. The molecule has 0 aliphatic rings. The number of hydrogen-bond donors (Lipinski definition) is 0. The van der Waals surface area contributed by atoms with Gasteiger partial charge in [0.2, 0.25) is 0 Å². The van der Waals surface area contributed by atoms with Crippen molar-refractivity contribution in [2.24, 2.45) is 0 Å². The Morgan fingerprint density at radius 3 is 2.21 bits per heavy atom. The molecule has 0 aliphatic heterocycles. The van der Waals surface area contributed by atoms with E-state index in [1.807, 2.05) is 50.2 Å². The van der Waals surface area contributed by atoms with Gasteiger partial charge in [0.05, 0.1) is 0 Å². The number of nitrogens with zero attached hydrogens (tertiary/aromatic N) is 3. The number of carbonyl (C=O) groups excluding carboxylic acids is 1. The standard InChI is InChI=1S/C29H31N3O6.Na/c1-18-13-24(37-17-26(33)31(4)5)14-19(2)27(18)25-8-6-7-22(20(25)3)16-36-23-11-9-21(10-12-23)15-32-28(34)30-29(35)38-32;/h6-14H,15-17H2,1-5H3,(H,30,34,35);/q;+1/p-1. The van der Waals surface area contributed by atoms with Crippen LogP contribution in [0.1, 0.15) is 27.8 Å². The summed E-state index contributed by atoms with van der Waals surface area (Å²) in [4.78, 5) is 39.3. The van der Waals surface area contributed by atoms with Crippen LogP contribution in [0.4, 0.5) is 0 Å². The van der Waals surface area contributed by atoms with Gasteiger partial charge in [-0.2, -0.15) is 0 Å². The first-order valence-electron chi connectivity index (χ1n) is 12.1. The summed E-state index contributed by atoms with van der Waals surface area (Å²) in [6.07, 6.45) is 0. The van der Waals surface area contributed by atoms with Crippen LogP contribution < -0.4 is 55.5 Å². The van der Waals surface area contributed by atoms with E-state index >= 15 is 0 Å². The van der Waals surface area contributed by atoms with Crippen LogP contribution in [0.25, 0.3) is 11.1 Å². The Hall–Kier alpha value is -3.53. The predicted octanol–water partition coefficient (Wildman–Crippen LogP) is 0.449. The third-order valence-corrected chi connectivity index (χ3v) is 6.32. The van der Waals surface area contributed by atoms with Crippen LogP contribution in [0.3, 0.4) is 0 Å². The Labute approximate surface area is 248 Å². The number of ether oxygens (including phenoxy) is 2. The van der Waals surface area contributed by atoms with E-state index in [0.29, 0.717) is 18.1 Å². The molecule has 0 spiro atoms. The van der Waals surface area contributed by atoms with Crippen molar-refractivity contribution in [3.8, 4) is 22.6 Å². The van der Waals surface area contributed by atoms with E-state index in [1.165, 1.54) is 4.90 Å². The Bertz CT molecular complexity index is 1540. The first kappa shape index (κ1) is 30.0. The molecule has 4 aromatic rings. The van der Waals surface area contributed by atoms with E-state index in [1.54, 1.807) is 26.2 Å². The van der Waals surface area contributed by atoms with Crippen LogP contribution in [-0.4, -0.2) is 36.2 Å². The summed E-state index contributed by atoms with van der Waals surface area (Å²) in [5, 5.41) is 0. The summed E-state index contributed by atoms with van der Waals surface area (Å²) < 4.78 is 17.4. The second kappa shape index (κ2) is 13.0. The molecule has 0 saturated carbocycles. The minimum Gasteiger partial charge on any atom is -0.489 e. The van der Waals surface area contributed by atoms with E-state index in [0.717, 1.165) is 43.7 Å². The van der Waals surface area contributed by atoms with Crippen molar-refractivity contribution in [1.29, 1.82) is 0 Å². The third kappa shape index (κ3) is 7.32. The SMILES string of the molecule is Cc1cc(OCC(=O)N(C)C)cc(C)c1-c1cccc(COc2ccc(Cn3oc(=O)[n-]c3=O)cc2)c1C.[Na+]. The molecule has 0 fully saturated rings. The van der Waals surface area contributed by atoms with E-state index in [-0.39, 0.29) is 48.6 Å². The molecular weight excluding hydrogens is 509 g/mol. The molecule has 1 aromatic heterocycles. The average Bonchev–Trinajstić information content (AvgIpc) is 3.19. The topological polar surface area (TPSA) is 105 Å². The molecular formula is C29H30N3NaO6. The molecule has 39 heavy (non-hydrogen) atoms. The second-order valence-corrected chi connectivity index (χ2v) is 9.32. The van der Waals surface area contributed by atoms with E-state index in [4.69, 9.17) is 14.0 Å². The number of aromatic nitrogens is 2. The predicted molar refractivity (Wildman–Crippen MR) is 143 cm³/mol. The van der Waals surface area contributed by atoms with Gasteiger partial charge in [0.15, 0.2) is 12.3 Å². The fourth-order valence-electron chi connectivity index (χ4n) is 4.22. The first-order chi connectivity index (χ1) is 18.1. The van der Waals surface area contributed by atoms with Gasteiger partial charge in [-0.1, -0.05) is 30.3 Å². The first-order valence-corrected chi connectivity index (χ1v) is 12.1. The van der Waals surface area contributed by atoms with Gasteiger partial charge in [-0.05, 0) is 84.0 Å². The van der Waals surface area contributed by atoms with E-state index in [2.05, 4.69) is 18.0 Å². The number of aryl methyl sites for hydroxylation is 2. The Kier molecular flexibility index (Phi) is 10.0. The second-order valence-electron chi connectivity index (χ2n) is 9.32. The van der Waals surface area contributed by atoms with Crippen molar-refractivity contribution in [2.75, 3.05) is 20.7 Å². The number of benzene rings is 3. The van der Waals surface area contributed by atoms with Crippen molar-refractivity contribution in [3.63, 3.8) is 0 Å². The average molecular weight is 540 g/mol. The minimum absolute atomic E-state index is 0. The van der Waals surface area contributed by atoms with Crippen LogP contribution in [0.2, 0.25) is 0 Å². The van der Waals surface area contributed by atoms with Crippen molar-refractivity contribution in [1.82, 2.24) is 14.6 Å². The Balaban J connectivity index is 0.00000420. The molecule has 0 aliphatic carbocycles. The minimum atomic E-state index is -0.904. The molecule has 0 saturated heterocycles. The maximum absolute atomic E-state index is 11.9. The smallest absolute Gasteiger partial charge is 0.489 e. The summed E-state index contributed by atoms with van der Waals surface area (Å²) in [7, 11) is 3.41. The third-order valence-electron chi connectivity index (χ3n) is 6.32. The molecule has 0 N–H and O–H groups in total. The van der Waals surface area contributed by atoms with Gasteiger partial charge >= 0.3 is 35.3 Å². The van der Waals surface area contributed by atoms with Crippen molar-refractivity contribution in [3.05, 3.63) is 103 Å². The van der Waals surface area contributed by atoms with Gasteiger partial charge in [-0.3, -0.25) is 14.3 Å². The maximum atomic E-state index is 11.9.